The molecule has 0 heterocycles. The molecule has 1 heteroatoms. The third-order valence-corrected chi connectivity index (χ3v) is 3.10. The van der Waals surface area contributed by atoms with Crippen LogP contribution < -0.4 is 5.32 Å². The third kappa shape index (κ3) is 3.95. The molecule has 0 aromatic heterocycles. The van der Waals surface area contributed by atoms with Gasteiger partial charge in [-0.25, -0.2) is 0 Å². The Morgan fingerprint density at radius 1 is 1.38 bits per heavy atom. The summed E-state index contributed by atoms with van der Waals surface area (Å²) in [6.45, 7) is 4.57. The first-order valence-electron chi connectivity index (χ1n) is 5.58. The van der Waals surface area contributed by atoms with Crippen molar-refractivity contribution in [3.05, 3.63) is 12.2 Å². The minimum atomic E-state index is 0.525. The highest BCUT2D eigenvalue weighted by molar-refractivity contribution is 4.95. The maximum absolute atomic E-state index is 3.23. The molecule has 1 aliphatic rings. The topological polar surface area (TPSA) is 12.0 Å². The first-order valence-corrected chi connectivity index (χ1v) is 5.58. The second-order valence-corrected chi connectivity index (χ2v) is 4.49. The minimum absolute atomic E-state index is 0.525. The average molecular weight is 181 g/mol. The Bertz CT molecular complexity index is 163. The van der Waals surface area contributed by atoms with E-state index >= 15 is 0 Å². The summed E-state index contributed by atoms with van der Waals surface area (Å²) < 4.78 is 0. The lowest BCUT2D eigenvalue weighted by Gasteiger charge is -2.24. The summed E-state index contributed by atoms with van der Waals surface area (Å²) in [5, 5.41) is 3.23. The van der Waals surface area contributed by atoms with E-state index in [0.29, 0.717) is 6.04 Å². The fraction of sp³-hybridized carbons (Fsp3) is 0.833. The smallest absolute Gasteiger partial charge is 0.0218 e. The fourth-order valence-corrected chi connectivity index (χ4v) is 2.08. The number of hydrogen-bond donors (Lipinski definition) is 1. The third-order valence-electron chi connectivity index (χ3n) is 3.10. The molecule has 1 N–H and O–H groups in total. The van der Waals surface area contributed by atoms with Crippen LogP contribution >= 0.6 is 0 Å². The van der Waals surface area contributed by atoms with Crippen LogP contribution in [0.2, 0.25) is 0 Å². The lowest BCUT2D eigenvalue weighted by molar-refractivity contribution is 0.324. The first-order chi connectivity index (χ1) is 6.22. The van der Waals surface area contributed by atoms with Gasteiger partial charge in [0.05, 0.1) is 0 Å². The molecule has 0 spiro atoms. The van der Waals surface area contributed by atoms with E-state index in [1.807, 2.05) is 7.05 Å². The highest BCUT2D eigenvalue weighted by Crippen LogP contribution is 2.29. The SMILES string of the molecule is CNC(C)/C=C/C1CCCC(C)C1. The van der Waals surface area contributed by atoms with E-state index in [-0.39, 0.29) is 0 Å². The lowest BCUT2D eigenvalue weighted by Crippen LogP contribution is -2.19. The molecule has 0 saturated heterocycles. The second-order valence-electron chi connectivity index (χ2n) is 4.49. The Morgan fingerprint density at radius 2 is 2.15 bits per heavy atom. The van der Waals surface area contributed by atoms with Gasteiger partial charge in [-0.1, -0.05) is 31.9 Å². The first kappa shape index (κ1) is 10.8. The Kier molecular flexibility index (Phi) is 4.51. The molecule has 1 nitrogen and oxygen atoms in total. The molecule has 1 fully saturated rings. The largest absolute Gasteiger partial charge is 0.314 e. The molecule has 1 rings (SSSR count). The summed E-state index contributed by atoms with van der Waals surface area (Å²) in [5.74, 6) is 1.79. The zero-order chi connectivity index (χ0) is 9.68. The van der Waals surface area contributed by atoms with Gasteiger partial charge in [-0.15, -0.1) is 0 Å². The number of likely N-dealkylation sites (N-methyl/N-ethyl adjacent to an activating group) is 1. The molecule has 0 aromatic carbocycles. The summed E-state index contributed by atoms with van der Waals surface area (Å²) in [4.78, 5) is 0. The van der Waals surface area contributed by atoms with Crippen molar-refractivity contribution in [2.45, 2.75) is 45.6 Å². The van der Waals surface area contributed by atoms with Gasteiger partial charge in [-0.3, -0.25) is 0 Å². The molecule has 13 heavy (non-hydrogen) atoms. The predicted octanol–water partition coefficient (Wildman–Crippen LogP) is 2.98. The second kappa shape index (κ2) is 5.43. The number of hydrogen-bond acceptors (Lipinski definition) is 1. The molecule has 0 aromatic rings. The Hall–Kier alpha value is -0.300. The summed E-state index contributed by atoms with van der Waals surface area (Å²) in [5.41, 5.74) is 0. The Labute approximate surface area is 82.6 Å². The molecule has 3 atom stereocenters. The molecule has 0 amide bonds. The fourth-order valence-electron chi connectivity index (χ4n) is 2.08. The standard InChI is InChI=1S/C12H23N/c1-10-5-4-6-12(9-10)8-7-11(2)13-3/h7-8,10-13H,4-6,9H2,1-3H3/b8-7+. The summed E-state index contributed by atoms with van der Waals surface area (Å²) in [6.07, 6.45) is 10.4. The van der Waals surface area contributed by atoms with Gasteiger partial charge in [0, 0.05) is 6.04 Å². The maximum Gasteiger partial charge on any atom is 0.0218 e. The van der Waals surface area contributed by atoms with Crippen molar-refractivity contribution in [1.82, 2.24) is 5.32 Å². The van der Waals surface area contributed by atoms with Crippen molar-refractivity contribution in [2.24, 2.45) is 11.8 Å². The van der Waals surface area contributed by atoms with E-state index < -0.39 is 0 Å². The average Bonchev–Trinajstić information content (AvgIpc) is 2.14. The monoisotopic (exact) mass is 181 g/mol. The van der Waals surface area contributed by atoms with Crippen LogP contribution in [0, 0.1) is 11.8 Å². The Balaban J connectivity index is 2.31. The van der Waals surface area contributed by atoms with Crippen LogP contribution in [0.4, 0.5) is 0 Å². The van der Waals surface area contributed by atoms with Crippen molar-refractivity contribution in [3.63, 3.8) is 0 Å². The van der Waals surface area contributed by atoms with Gasteiger partial charge >= 0.3 is 0 Å². The van der Waals surface area contributed by atoms with E-state index in [1.165, 1.54) is 25.7 Å². The Morgan fingerprint density at radius 3 is 2.77 bits per heavy atom. The molecule has 76 valence electrons. The van der Waals surface area contributed by atoms with Crippen LogP contribution in [0.5, 0.6) is 0 Å². The summed E-state index contributed by atoms with van der Waals surface area (Å²) in [7, 11) is 2.01. The van der Waals surface area contributed by atoms with Gasteiger partial charge in [0.1, 0.15) is 0 Å². The van der Waals surface area contributed by atoms with Crippen LogP contribution in [0.15, 0.2) is 12.2 Å². The zero-order valence-corrected chi connectivity index (χ0v) is 9.22. The summed E-state index contributed by atoms with van der Waals surface area (Å²) in [6, 6.07) is 0.525. The molecular formula is C12H23N. The number of nitrogens with one attached hydrogen (secondary N) is 1. The lowest BCUT2D eigenvalue weighted by atomic mass is 9.82. The minimum Gasteiger partial charge on any atom is -0.314 e. The van der Waals surface area contributed by atoms with Crippen molar-refractivity contribution in [3.8, 4) is 0 Å². The zero-order valence-electron chi connectivity index (χ0n) is 9.22. The van der Waals surface area contributed by atoms with Crippen molar-refractivity contribution >= 4 is 0 Å². The molecule has 3 unspecified atom stereocenters. The highest BCUT2D eigenvalue weighted by atomic mass is 14.8. The van der Waals surface area contributed by atoms with Gasteiger partial charge in [0.25, 0.3) is 0 Å². The predicted molar refractivity (Wildman–Crippen MR) is 58.8 cm³/mol. The van der Waals surface area contributed by atoms with E-state index in [1.54, 1.807) is 0 Å². The molecule has 0 aliphatic heterocycles. The molecular weight excluding hydrogens is 158 g/mol. The normalized spacial score (nSPS) is 32.2. The molecule has 0 bridgehead atoms. The van der Waals surface area contributed by atoms with E-state index in [0.717, 1.165) is 11.8 Å². The van der Waals surface area contributed by atoms with Gasteiger partial charge in [0.15, 0.2) is 0 Å². The maximum atomic E-state index is 3.23. The van der Waals surface area contributed by atoms with E-state index in [2.05, 4.69) is 31.3 Å². The van der Waals surface area contributed by atoms with Gasteiger partial charge in [0.2, 0.25) is 0 Å². The van der Waals surface area contributed by atoms with E-state index in [4.69, 9.17) is 0 Å². The van der Waals surface area contributed by atoms with Gasteiger partial charge < -0.3 is 5.32 Å². The van der Waals surface area contributed by atoms with Crippen LogP contribution in [0.3, 0.4) is 0 Å². The van der Waals surface area contributed by atoms with E-state index in [9.17, 15) is 0 Å². The highest BCUT2D eigenvalue weighted by Gasteiger charge is 2.16. The van der Waals surface area contributed by atoms with Crippen molar-refractivity contribution in [1.29, 1.82) is 0 Å². The molecule has 0 radical (unpaired) electrons. The van der Waals surface area contributed by atoms with Gasteiger partial charge in [-0.05, 0) is 38.6 Å². The quantitative estimate of drug-likeness (QED) is 0.660. The van der Waals surface area contributed by atoms with Crippen LogP contribution in [0.1, 0.15) is 39.5 Å². The van der Waals surface area contributed by atoms with Crippen molar-refractivity contribution < 1.29 is 0 Å². The number of allylic oxidation sites excluding steroid dienone is 1. The molecule has 1 aliphatic carbocycles. The van der Waals surface area contributed by atoms with Crippen LogP contribution in [0.25, 0.3) is 0 Å². The number of rotatable bonds is 3. The molecule has 1 saturated carbocycles. The summed E-state index contributed by atoms with van der Waals surface area (Å²) >= 11 is 0. The van der Waals surface area contributed by atoms with Crippen molar-refractivity contribution in [2.75, 3.05) is 7.05 Å². The van der Waals surface area contributed by atoms with Gasteiger partial charge in [-0.2, -0.15) is 0 Å². The van der Waals surface area contributed by atoms with Crippen LogP contribution in [-0.2, 0) is 0 Å². The van der Waals surface area contributed by atoms with Crippen LogP contribution in [-0.4, -0.2) is 13.1 Å².